The summed E-state index contributed by atoms with van der Waals surface area (Å²) in [7, 11) is 0. The molecule has 1 N–H and O–H groups in total. The third-order valence-corrected chi connectivity index (χ3v) is 4.25. The zero-order valence-electron chi connectivity index (χ0n) is 11.1. The lowest BCUT2D eigenvalue weighted by molar-refractivity contribution is 0.207. The Morgan fingerprint density at radius 1 is 1.11 bits per heavy atom. The summed E-state index contributed by atoms with van der Waals surface area (Å²) in [5.41, 5.74) is 2.67. The van der Waals surface area contributed by atoms with Crippen LogP contribution in [-0.2, 0) is 6.42 Å². The Bertz CT molecular complexity index is 396. The first-order valence-electron chi connectivity index (χ1n) is 7.42. The Kier molecular flexibility index (Phi) is 3.72. The maximum absolute atomic E-state index is 6.10. The van der Waals surface area contributed by atoms with Crippen molar-refractivity contribution >= 4 is 5.69 Å². The van der Waals surface area contributed by atoms with E-state index < -0.39 is 0 Å². The topological polar surface area (TPSA) is 21.3 Å². The van der Waals surface area contributed by atoms with Gasteiger partial charge in [0.25, 0.3) is 0 Å². The molecule has 1 aromatic carbocycles. The molecule has 98 valence electrons. The predicted molar refractivity (Wildman–Crippen MR) is 75.3 cm³/mol. The van der Waals surface area contributed by atoms with Crippen molar-refractivity contribution < 1.29 is 4.74 Å². The molecule has 2 aliphatic rings. The van der Waals surface area contributed by atoms with E-state index in [0.29, 0.717) is 0 Å². The largest absolute Gasteiger partial charge is 0.493 e. The highest BCUT2D eigenvalue weighted by Gasteiger charge is 2.17. The molecule has 1 fully saturated rings. The number of nitrogens with one attached hydrogen (secondary N) is 1. The first-order chi connectivity index (χ1) is 8.93. The Morgan fingerprint density at radius 3 is 2.89 bits per heavy atom. The number of fused-ring (bicyclic) bond motifs is 1. The fourth-order valence-corrected chi connectivity index (χ4v) is 3.17. The van der Waals surface area contributed by atoms with E-state index >= 15 is 0 Å². The van der Waals surface area contributed by atoms with Gasteiger partial charge in [0.2, 0.25) is 0 Å². The monoisotopic (exact) mass is 245 g/mol. The van der Waals surface area contributed by atoms with Crippen LogP contribution in [0.2, 0.25) is 0 Å². The predicted octanol–water partition coefficient (Wildman–Crippen LogP) is 4.00. The van der Waals surface area contributed by atoms with E-state index in [0.717, 1.165) is 31.2 Å². The van der Waals surface area contributed by atoms with E-state index in [1.165, 1.54) is 49.8 Å². The molecule has 1 saturated carbocycles. The lowest BCUT2D eigenvalue weighted by atomic mass is 9.90. The van der Waals surface area contributed by atoms with Gasteiger partial charge < -0.3 is 10.1 Å². The fraction of sp³-hybridized carbons (Fsp3) is 0.625. The van der Waals surface area contributed by atoms with Crippen LogP contribution in [0.4, 0.5) is 5.69 Å². The minimum absolute atomic E-state index is 0.783. The maximum atomic E-state index is 6.10. The Hall–Kier alpha value is -1.18. The van der Waals surface area contributed by atoms with E-state index in [2.05, 4.69) is 23.5 Å². The molecule has 1 aliphatic heterocycles. The van der Waals surface area contributed by atoms with Crippen LogP contribution in [0.15, 0.2) is 18.2 Å². The summed E-state index contributed by atoms with van der Waals surface area (Å²) in [6.07, 6.45) is 9.28. The van der Waals surface area contributed by atoms with Crippen LogP contribution in [0.3, 0.4) is 0 Å². The van der Waals surface area contributed by atoms with Gasteiger partial charge in [-0.25, -0.2) is 0 Å². The lowest BCUT2D eigenvalue weighted by Gasteiger charge is -2.24. The summed E-state index contributed by atoms with van der Waals surface area (Å²) in [6, 6.07) is 6.41. The Morgan fingerprint density at radius 2 is 2.00 bits per heavy atom. The van der Waals surface area contributed by atoms with Crippen LogP contribution in [0.1, 0.15) is 44.1 Å². The Labute approximate surface area is 110 Å². The molecule has 2 heteroatoms. The molecule has 0 amide bonds. The molecule has 0 spiro atoms. The van der Waals surface area contributed by atoms with Crippen LogP contribution in [0, 0.1) is 5.92 Å². The highest BCUT2D eigenvalue weighted by molar-refractivity contribution is 5.59. The van der Waals surface area contributed by atoms with Gasteiger partial charge in [-0.15, -0.1) is 0 Å². The van der Waals surface area contributed by atoms with Crippen molar-refractivity contribution in [1.82, 2.24) is 0 Å². The number of anilines is 1. The SMILES string of the molecule is c1cc2c(c(OCC3CCCCC3)c1)CCCN2. The fourth-order valence-electron chi connectivity index (χ4n) is 3.17. The third-order valence-electron chi connectivity index (χ3n) is 4.25. The smallest absolute Gasteiger partial charge is 0.124 e. The second-order valence-corrected chi connectivity index (χ2v) is 5.63. The van der Waals surface area contributed by atoms with Crippen molar-refractivity contribution in [2.45, 2.75) is 44.9 Å². The van der Waals surface area contributed by atoms with Crippen molar-refractivity contribution in [3.63, 3.8) is 0 Å². The van der Waals surface area contributed by atoms with Crippen LogP contribution >= 0.6 is 0 Å². The second kappa shape index (κ2) is 5.64. The molecule has 3 rings (SSSR count). The van der Waals surface area contributed by atoms with Crippen molar-refractivity contribution in [3.05, 3.63) is 23.8 Å². The van der Waals surface area contributed by atoms with Crippen LogP contribution in [0.25, 0.3) is 0 Å². The molecule has 0 saturated heterocycles. The van der Waals surface area contributed by atoms with Gasteiger partial charge in [-0.1, -0.05) is 25.3 Å². The molecule has 18 heavy (non-hydrogen) atoms. The average Bonchev–Trinajstić information content (AvgIpc) is 2.46. The van der Waals surface area contributed by atoms with E-state index in [9.17, 15) is 0 Å². The summed E-state index contributed by atoms with van der Waals surface area (Å²) in [4.78, 5) is 0. The highest BCUT2D eigenvalue weighted by atomic mass is 16.5. The molecule has 0 radical (unpaired) electrons. The van der Waals surface area contributed by atoms with Crippen LogP contribution in [0.5, 0.6) is 5.75 Å². The van der Waals surface area contributed by atoms with Gasteiger partial charge in [0, 0.05) is 17.8 Å². The normalized spacial score (nSPS) is 20.0. The Balaban J connectivity index is 1.65. The van der Waals surface area contributed by atoms with Crippen molar-refractivity contribution in [1.29, 1.82) is 0 Å². The average molecular weight is 245 g/mol. The molecule has 0 unspecified atom stereocenters. The van der Waals surface area contributed by atoms with E-state index in [1.54, 1.807) is 0 Å². The van der Waals surface area contributed by atoms with Crippen LogP contribution < -0.4 is 10.1 Å². The van der Waals surface area contributed by atoms with Crippen molar-refractivity contribution in [2.75, 3.05) is 18.5 Å². The van der Waals surface area contributed by atoms with E-state index in [1.807, 2.05) is 0 Å². The highest BCUT2D eigenvalue weighted by Crippen LogP contribution is 2.32. The summed E-state index contributed by atoms with van der Waals surface area (Å²) >= 11 is 0. The molecule has 1 aliphatic carbocycles. The first-order valence-corrected chi connectivity index (χ1v) is 7.42. The van der Waals surface area contributed by atoms with Crippen molar-refractivity contribution in [3.8, 4) is 5.75 Å². The molecular formula is C16H23NO. The van der Waals surface area contributed by atoms with E-state index in [4.69, 9.17) is 4.74 Å². The minimum Gasteiger partial charge on any atom is -0.493 e. The van der Waals surface area contributed by atoms with Gasteiger partial charge in [0.1, 0.15) is 5.75 Å². The van der Waals surface area contributed by atoms with Gasteiger partial charge in [-0.05, 0) is 43.7 Å². The number of benzene rings is 1. The summed E-state index contributed by atoms with van der Waals surface area (Å²) in [5.74, 6) is 1.90. The second-order valence-electron chi connectivity index (χ2n) is 5.63. The number of rotatable bonds is 3. The summed E-state index contributed by atoms with van der Waals surface area (Å²) in [6.45, 7) is 2.01. The molecule has 1 aromatic rings. The lowest BCUT2D eigenvalue weighted by Crippen LogP contribution is -2.17. The molecule has 0 atom stereocenters. The third kappa shape index (κ3) is 2.63. The minimum atomic E-state index is 0.783. The standard InChI is InChI=1S/C16H23NO/c1-2-6-13(7-3-1)12-18-16-10-4-9-15-14(16)8-5-11-17-15/h4,9-10,13,17H,1-3,5-8,11-12H2. The number of hydrogen-bond donors (Lipinski definition) is 1. The maximum Gasteiger partial charge on any atom is 0.124 e. The van der Waals surface area contributed by atoms with Gasteiger partial charge in [-0.3, -0.25) is 0 Å². The number of hydrogen-bond acceptors (Lipinski definition) is 2. The molecule has 0 aromatic heterocycles. The molecule has 2 nitrogen and oxygen atoms in total. The van der Waals surface area contributed by atoms with Gasteiger partial charge in [0.15, 0.2) is 0 Å². The molecule has 0 bridgehead atoms. The van der Waals surface area contributed by atoms with Gasteiger partial charge in [0.05, 0.1) is 6.61 Å². The first kappa shape index (κ1) is 11.9. The van der Waals surface area contributed by atoms with Gasteiger partial charge in [-0.2, -0.15) is 0 Å². The quantitative estimate of drug-likeness (QED) is 0.869. The van der Waals surface area contributed by atoms with Gasteiger partial charge >= 0.3 is 0 Å². The van der Waals surface area contributed by atoms with Crippen LogP contribution in [-0.4, -0.2) is 13.2 Å². The zero-order valence-corrected chi connectivity index (χ0v) is 11.1. The van der Waals surface area contributed by atoms with E-state index in [-0.39, 0.29) is 0 Å². The molecular weight excluding hydrogens is 222 g/mol. The zero-order chi connectivity index (χ0) is 12.2. The van der Waals surface area contributed by atoms with Crippen molar-refractivity contribution in [2.24, 2.45) is 5.92 Å². The summed E-state index contributed by atoms with van der Waals surface area (Å²) in [5, 5.41) is 3.46. The molecule has 1 heterocycles. The summed E-state index contributed by atoms with van der Waals surface area (Å²) < 4.78 is 6.10. The number of ether oxygens (including phenoxy) is 1.